The van der Waals surface area contributed by atoms with Crippen LogP contribution in [0.15, 0.2) is 16.6 Å². The first-order valence-corrected chi connectivity index (χ1v) is 4.08. The molecule has 0 radical (unpaired) electrons. The molecule has 0 aliphatic carbocycles. The molecule has 1 rings (SSSR count). The molecule has 0 aromatic heterocycles. The quantitative estimate of drug-likeness (QED) is 0.764. The van der Waals surface area contributed by atoms with Crippen molar-refractivity contribution in [1.82, 2.24) is 0 Å². The molecule has 0 aliphatic rings. The molecular weight excluding hydrogens is 209 g/mol. The molecule has 0 amide bonds. The van der Waals surface area contributed by atoms with Gasteiger partial charge in [0.15, 0.2) is 0 Å². The lowest BCUT2D eigenvalue weighted by Crippen LogP contribution is -1.93. The van der Waals surface area contributed by atoms with Gasteiger partial charge in [0, 0.05) is 17.2 Å². The summed E-state index contributed by atoms with van der Waals surface area (Å²) in [6.07, 6.45) is 0. The van der Waals surface area contributed by atoms with Crippen molar-refractivity contribution in [2.75, 3.05) is 12.4 Å². The lowest BCUT2D eigenvalue weighted by molar-refractivity contribution is 0.627. The summed E-state index contributed by atoms with van der Waals surface area (Å²) in [5.74, 6) is -0.230. The summed E-state index contributed by atoms with van der Waals surface area (Å²) in [6, 6.07) is 2.93. The van der Waals surface area contributed by atoms with Crippen molar-refractivity contribution in [3.63, 3.8) is 0 Å². The molecule has 0 aliphatic heterocycles. The first-order valence-electron chi connectivity index (χ1n) is 3.28. The maximum atomic E-state index is 12.7. The van der Waals surface area contributed by atoms with Crippen LogP contribution < -0.4 is 5.32 Å². The van der Waals surface area contributed by atoms with E-state index in [1.54, 1.807) is 7.05 Å². The van der Waals surface area contributed by atoms with E-state index >= 15 is 0 Å². The molecule has 1 aromatic carbocycles. The highest BCUT2D eigenvalue weighted by atomic mass is 79.9. The first-order chi connectivity index (χ1) is 5.15. The molecule has 0 bridgehead atoms. The summed E-state index contributed by atoms with van der Waals surface area (Å²) < 4.78 is 13.5. The smallest absolute Gasteiger partial charge is 0.126 e. The van der Waals surface area contributed by atoms with Crippen molar-refractivity contribution in [2.45, 2.75) is 6.92 Å². The Kier molecular flexibility index (Phi) is 2.49. The molecule has 0 atom stereocenters. The summed E-state index contributed by atoms with van der Waals surface area (Å²) in [7, 11) is 1.77. The Labute approximate surface area is 73.7 Å². The molecule has 3 heteroatoms. The van der Waals surface area contributed by atoms with Crippen LogP contribution in [0, 0.1) is 12.7 Å². The molecule has 0 heterocycles. The molecule has 60 valence electrons. The second kappa shape index (κ2) is 3.22. The van der Waals surface area contributed by atoms with Crippen molar-refractivity contribution in [3.8, 4) is 0 Å². The van der Waals surface area contributed by atoms with E-state index in [0.717, 1.165) is 15.7 Å². The Morgan fingerprint density at radius 1 is 1.45 bits per heavy atom. The number of rotatable bonds is 1. The zero-order valence-electron chi connectivity index (χ0n) is 6.41. The minimum Gasteiger partial charge on any atom is -0.388 e. The molecular formula is C8H9BrFN. The van der Waals surface area contributed by atoms with Crippen molar-refractivity contribution in [2.24, 2.45) is 0 Å². The van der Waals surface area contributed by atoms with Gasteiger partial charge < -0.3 is 5.32 Å². The Bertz CT molecular complexity index is 273. The molecule has 11 heavy (non-hydrogen) atoms. The number of halogens is 2. The number of benzene rings is 1. The van der Waals surface area contributed by atoms with Crippen LogP contribution in [-0.4, -0.2) is 7.05 Å². The van der Waals surface area contributed by atoms with Crippen LogP contribution in [0.4, 0.5) is 10.1 Å². The second-order valence-electron chi connectivity index (χ2n) is 2.31. The van der Waals surface area contributed by atoms with E-state index in [9.17, 15) is 4.39 Å². The van der Waals surface area contributed by atoms with Gasteiger partial charge in [0.1, 0.15) is 5.82 Å². The maximum Gasteiger partial charge on any atom is 0.126 e. The Balaban J connectivity index is 3.24. The molecule has 0 fully saturated rings. The summed E-state index contributed by atoms with van der Waals surface area (Å²) in [6.45, 7) is 1.93. The SMILES string of the molecule is CNc1cc(F)cc(Br)c1C. The molecule has 0 saturated heterocycles. The van der Waals surface area contributed by atoms with Crippen LogP contribution in [-0.2, 0) is 0 Å². The van der Waals surface area contributed by atoms with Crippen LogP contribution in [0.2, 0.25) is 0 Å². The normalized spacial score (nSPS) is 9.82. The zero-order chi connectivity index (χ0) is 8.43. The van der Waals surface area contributed by atoms with Gasteiger partial charge in [-0.3, -0.25) is 0 Å². The van der Waals surface area contributed by atoms with E-state index in [2.05, 4.69) is 21.2 Å². The average Bonchev–Trinajstić information content (AvgIpc) is 1.96. The standard InChI is InChI=1S/C8H9BrFN/c1-5-7(9)3-6(10)4-8(5)11-2/h3-4,11H,1-2H3. The molecule has 0 saturated carbocycles. The van der Waals surface area contributed by atoms with Gasteiger partial charge >= 0.3 is 0 Å². The van der Waals surface area contributed by atoms with Crippen molar-refractivity contribution in [3.05, 3.63) is 28.0 Å². The fourth-order valence-corrected chi connectivity index (χ4v) is 1.34. The van der Waals surface area contributed by atoms with E-state index in [1.165, 1.54) is 12.1 Å². The Morgan fingerprint density at radius 2 is 2.09 bits per heavy atom. The monoisotopic (exact) mass is 217 g/mol. The van der Waals surface area contributed by atoms with Crippen LogP contribution in [0.25, 0.3) is 0 Å². The van der Waals surface area contributed by atoms with Crippen LogP contribution in [0.3, 0.4) is 0 Å². The van der Waals surface area contributed by atoms with Crippen molar-refractivity contribution < 1.29 is 4.39 Å². The van der Waals surface area contributed by atoms with Crippen LogP contribution in [0.5, 0.6) is 0 Å². The first kappa shape index (κ1) is 8.53. The van der Waals surface area contributed by atoms with Gasteiger partial charge in [0.05, 0.1) is 0 Å². The third-order valence-corrected chi connectivity index (χ3v) is 2.40. The van der Waals surface area contributed by atoms with Gasteiger partial charge in [-0.15, -0.1) is 0 Å². The topological polar surface area (TPSA) is 12.0 Å². The number of nitrogens with one attached hydrogen (secondary N) is 1. The van der Waals surface area contributed by atoms with Gasteiger partial charge in [-0.05, 0) is 24.6 Å². The zero-order valence-corrected chi connectivity index (χ0v) is 8.00. The number of anilines is 1. The van der Waals surface area contributed by atoms with Gasteiger partial charge in [-0.25, -0.2) is 4.39 Å². The minimum atomic E-state index is -0.230. The summed E-state index contributed by atoms with van der Waals surface area (Å²) in [4.78, 5) is 0. The Morgan fingerprint density at radius 3 is 2.64 bits per heavy atom. The lowest BCUT2D eigenvalue weighted by atomic mass is 10.2. The van der Waals surface area contributed by atoms with E-state index in [4.69, 9.17) is 0 Å². The third kappa shape index (κ3) is 1.71. The molecule has 1 aromatic rings. The van der Waals surface area contributed by atoms with E-state index in [1.807, 2.05) is 6.92 Å². The van der Waals surface area contributed by atoms with Gasteiger partial charge in [-0.2, -0.15) is 0 Å². The summed E-state index contributed by atoms with van der Waals surface area (Å²) in [5, 5.41) is 2.91. The predicted octanol–water partition coefficient (Wildman–Crippen LogP) is 2.94. The maximum absolute atomic E-state index is 12.7. The summed E-state index contributed by atoms with van der Waals surface area (Å²) >= 11 is 3.26. The molecule has 1 N–H and O–H groups in total. The fourth-order valence-electron chi connectivity index (χ4n) is 0.905. The molecule has 1 nitrogen and oxygen atoms in total. The highest BCUT2D eigenvalue weighted by Crippen LogP contribution is 2.24. The van der Waals surface area contributed by atoms with E-state index in [0.29, 0.717) is 0 Å². The largest absolute Gasteiger partial charge is 0.388 e. The van der Waals surface area contributed by atoms with Gasteiger partial charge in [-0.1, -0.05) is 15.9 Å². The van der Waals surface area contributed by atoms with Crippen LogP contribution >= 0.6 is 15.9 Å². The predicted molar refractivity (Wildman–Crippen MR) is 48.4 cm³/mol. The lowest BCUT2D eigenvalue weighted by Gasteiger charge is -2.06. The minimum absolute atomic E-state index is 0.230. The third-order valence-electron chi connectivity index (χ3n) is 1.58. The number of hydrogen-bond donors (Lipinski definition) is 1. The highest BCUT2D eigenvalue weighted by molar-refractivity contribution is 9.10. The van der Waals surface area contributed by atoms with E-state index in [-0.39, 0.29) is 5.82 Å². The van der Waals surface area contributed by atoms with Crippen molar-refractivity contribution in [1.29, 1.82) is 0 Å². The summed E-state index contributed by atoms with van der Waals surface area (Å²) in [5.41, 5.74) is 1.84. The Hall–Kier alpha value is -0.570. The van der Waals surface area contributed by atoms with Crippen molar-refractivity contribution >= 4 is 21.6 Å². The number of hydrogen-bond acceptors (Lipinski definition) is 1. The molecule has 0 spiro atoms. The van der Waals surface area contributed by atoms with Gasteiger partial charge in [0.25, 0.3) is 0 Å². The second-order valence-corrected chi connectivity index (χ2v) is 3.16. The molecule has 0 unspecified atom stereocenters. The van der Waals surface area contributed by atoms with Gasteiger partial charge in [0.2, 0.25) is 0 Å². The average molecular weight is 218 g/mol. The highest BCUT2D eigenvalue weighted by Gasteiger charge is 2.02. The van der Waals surface area contributed by atoms with E-state index < -0.39 is 0 Å². The van der Waals surface area contributed by atoms with Crippen LogP contribution in [0.1, 0.15) is 5.56 Å². The fraction of sp³-hybridized carbons (Fsp3) is 0.250.